The molecule has 1 aliphatic rings. The molecule has 1 amide bonds. The highest BCUT2D eigenvalue weighted by molar-refractivity contribution is 5.81. The lowest BCUT2D eigenvalue weighted by Gasteiger charge is -2.16. The van der Waals surface area contributed by atoms with Crippen LogP contribution in [0.2, 0.25) is 0 Å². The highest BCUT2D eigenvalue weighted by Gasteiger charge is 2.37. The van der Waals surface area contributed by atoms with E-state index in [2.05, 4.69) is 0 Å². The molecule has 0 saturated carbocycles. The third kappa shape index (κ3) is 3.18. The van der Waals surface area contributed by atoms with E-state index in [9.17, 15) is 9.59 Å². The molecule has 2 atom stereocenters. The smallest absolute Gasteiger partial charge is 0.310 e. The molecule has 0 spiro atoms. The second-order valence-corrected chi connectivity index (χ2v) is 5.57. The van der Waals surface area contributed by atoms with Gasteiger partial charge in [-0.2, -0.15) is 0 Å². The molecule has 0 aliphatic carbocycles. The number of rotatable bonds is 3. The van der Waals surface area contributed by atoms with E-state index in [1.54, 1.807) is 4.90 Å². The number of carbonyl (C=O) groups excluding carboxylic acids is 2. The summed E-state index contributed by atoms with van der Waals surface area (Å²) in [6.45, 7) is 5.11. The minimum absolute atomic E-state index is 0.0760. The van der Waals surface area contributed by atoms with Gasteiger partial charge in [0, 0.05) is 13.1 Å². The summed E-state index contributed by atoms with van der Waals surface area (Å²) in [6.07, 6.45) is 0.390. The van der Waals surface area contributed by atoms with Crippen molar-refractivity contribution < 1.29 is 14.3 Å². The topological polar surface area (TPSA) is 46.6 Å². The van der Waals surface area contributed by atoms with Crippen LogP contribution >= 0.6 is 0 Å². The van der Waals surface area contributed by atoms with E-state index in [1.807, 2.05) is 38.1 Å². The minimum atomic E-state index is -0.219. The quantitative estimate of drug-likeness (QED) is 0.790. The summed E-state index contributed by atoms with van der Waals surface area (Å²) in [5.74, 6) is -0.179. The zero-order valence-corrected chi connectivity index (χ0v) is 12.3. The number of hydrogen-bond donors (Lipinski definition) is 0. The fourth-order valence-corrected chi connectivity index (χ4v) is 2.62. The predicted octanol–water partition coefficient (Wildman–Crippen LogP) is 1.81. The molecular formula is C16H21NO3. The van der Waals surface area contributed by atoms with Crippen molar-refractivity contribution in [3.05, 3.63) is 35.4 Å². The molecule has 2 rings (SSSR count). The van der Waals surface area contributed by atoms with Gasteiger partial charge in [-0.25, -0.2) is 0 Å². The molecule has 1 aliphatic heterocycles. The van der Waals surface area contributed by atoms with E-state index < -0.39 is 0 Å². The van der Waals surface area contributed by atoms with Crippen LogP contribution < -0.4 is 0 Å². The van der Waals surface area contributed by atoms with Gasteiger partial charge in [-0.15, -0.1) is 0 Å². The van der Waals surface area contributed by atoms with Crippen molar-refractivity contribution in [1.82, 2.24) is 4.90 Å². The number of ether oxygens (including phenoxy) is 1. The summed E-state index contributed by atoms with van der Waals surface area (Å²) >= 11 is 0. The Balaban J connectivity index is 1.97. The Hall–Kier alpha value is -1.84. The molecule has 108 valence electrons. The van der Waals surface area contributed by atoms with E-state index in [0.29, 0.717) is 19.5 Å². The van der Waals surface area contributed by atoms with E-state index >= 15 is 0 Å². The molecule has 0 aromatic heterocycles. The maximum absolute atomic E-state index is 12.3. The lowest BCUT2D eigenvalue weighted by atomic mass is 9.99. The van der Waals surface area contributed by atoms with Crippen LogP contribution in [0.3, 0.4) is 0 Å². The number of nitrogens with zero attached hydrogens (tertiary/aromatic N) is 1. The van der Waals surface area contributed by atoms with Crippen molar-refractivity contribution in [2.45, 2.75) is 20.3 Å². The van der Waals surface area contributed by atoms with Crippen molar-refractivity contribution >= 4 is 11.9 Å². The molecule has 4 heteroatoms. The highest BCUT2D eigenvalue weighted by Crippen LogP contribution is 2.24. The zero-order chi connectivity index (χ0) is 14.7. The fourth-order valence-electron chi connectivity index (χ4n) is 2.62. The molecule has 1 heterocycles. The summed E-state index contributed by atoms with van der Waals surface area (Å²) in [7, 11) is 1.39. The molecule has 0 radical (unpaired) electrons. The molecule has 0 bridgehead atoms. The van der Waals surface area contributed by atoms with Crippen LogP contribution in [-0.4, -0.2) is 37.0 Å². The Labute approximate surface area is 119 Å². The zero-order valence-electron chi connectivity index (χ0n) is 12.3. The van der Waals surface area contributed by atoms with Crippen LogP contribution in [0.15, 0.2) is 24.3 Å². The average Bonchev–Trinajstić information content (AvgIpc) is 2.82. The van der Waals surface area contributed by atoms with Crippen molar-refractivity contribution in [2.24, 2.45) is 11.8 Å². The Morgan fingerprint density at radius 1 is 1.25 bits per heavy atom. The molecule has 2 unspecified atom stereocenters. The van der Waals surface area contributed by atoms with Crippen LogP contribution in [0, 0.1) is 18.8 Å². The molecule has 1 saturated heterocycles. The van der Waals surface area contributed by atoms with Crippen LogP contribution in [-0.2, 0) is 20.7 Å². The Morgan fingerprint density at radius 3 is 2.50 bits per heavy atom. The van der Waals surface area contributed by atoms with Gasteiger partial charge in [-0.05, 0) is 18.4 Å². The summed E-state index contributed by atoms with van der Waals surface area (Å²) in [5, 5.41) is 0. The summed E-state index contributed by atoms with van der Waals surface area (Å²) in [5.41, 5.74) is 2.19. The van der Waals surface area contributed by atoms with E-state index in [1.165, 1.54) is 12.7 Å². The van der Waals surface area contributed by atoms with Gasteiger partial charge in [0.2, 0.25) is 5.91 Å². The first-order chi connectivity index (χ1) is 9.51. The van der Waals surface area contributed by atoms with E-state index in [0.717, 1.165) is 5.56 Å². The van der Waals surface area contributed by atoms with Crippen molar-refractivity contribution in [1.29, 1.82) is 0 Å². The van der Waals surface area contributed by atoms with Crippen molar-refractivity contribution in [3.63, 3.8) is 0 Å². The number of likely N-dealkylation sites (tertiary alicyclic amines) is 1. The number of carbonyl (C=O) groups is 2. The van der Waals surface area contributed by atoms with Crippen LogP contribution in [0.25, 0.3) is 0 Å². The monoisotopic (exact) mass is 275 g/mol. The normalized spacial score (nSPS) is 21.9. The maximum atomic E-state index is 12.3. The SMILES string of the molecule is COC(=O)C1CN(C(=O)Cc2ccc(C)cc2)CC1C. The maximum Gasteiger partial charge on any atom is 0.310 e. The van der Waals surface area contributed by atoms with Gasteiger partial charge in [0.1, 0.15) is 0 Å². The molecule has 1 aromatic carbocycles. The van der Waals surface area contributed by atoms with Gasteiger partial charge in [0.15, 0.2) is 0 Å². The van der Waals surface area contributed by atoms with Gasteiger partial charge in [-0.3, -0.25) is 9.59 Å². The van der Waals surface area contributed by atoms with Gasteiger partial charge in [0.25, 0.3) is 0 Å². The largest absolute Gasteiger partial charge is 0.469 e. The second kappa shape index (κ2) is 6.07. The first-order valence-corrected chi connectivity index (χ1v) is 6.92. The van der Waals surface area contributed by atoms with Gasteiger partial charge >= 0.3 is 5.97 Å². The standard InChI is InChI=1S/C16H21NO3/c1-11-4-6-13(7-5-11)8-15(18)17-9-12(2)14(10-17)16(19)20-3/h4-7,12,14H,8-10H2,1-3H3. The van der Waals surface area contributed by atoms with Crippen LogP contribution in [0.1, 0.15) is 18.1 Å². The predicted molar refractivity (Wildman–Crippen MR) is 76.1 cm³/mol. The fraction of sp³-hybridized carbons (Fsp3) is 0.500. The molecule has 4 nitrogen and oxygen atoms in total. The molecule has 1 fully saturated rings. The number of benzene rings is 1. The number of esters is 1. The highest BCUT2D eigenvalue weighted by atomic mass is 16.5. The van der Waals surface area contributed by atoms with Gasteiger partial charge in [-0.1, -0.05) is 36.8 Å². The van der Waals surface area contributed by atoms with E-state index in [-0.39, 0.29) is 23.7 Å². The first kappa shape index (κ1) is 14.6. The van der Waals surface area contributed by atoms with Crippen LogP contribution in [0.5, 0.6) is 0 Å². The minimum Gasteiger partial charge on any atom is -0.469 e. The number of amides is 1. The van der Waals surface area contributed by atoms with Crippen LogP contribution in [0.4, 0.5) is 0 Å². The lowest BCUT2D eigenvalue weighted by molar-refractivity contribution is -0.146. The third-order valence-corrected chi connectivity index (χ3v) is 3.94. The van der Waals surface area contributed by atoms with E-state index in [4.69, 9.17) is 4.74 Å². The lowest BCUT2D eigenvalue weighted by Crippen LogP contribution is -2.31. The Morgan fingerprint density at radius 2 is 1.90 bits per heavy atom. The number of methoxy groups -OCH3 is 1. The molecule has 20 heavy (non-hydrogen) atoms. The van der Waals surface area contributed by atoms with Crippen molar-refractivity contribution in [2.75, 3.05) is 20.2 Å². The first-order valence-electron chi connectivity index (χ1n) is 6.92. The summed E-state index contributed by atoms with van der Waals surface area (Å²) in [6, 6.07) is 7.97. The molecule has 0 N–H and O–H groups in total. The van der Waals surface area contributed by atoms with Crippen molar-refractivity contribution in [3.8, 4) is 0 Å². The molecular weight excluding hydrogens is 254 g/mol. The van der Waals surface area contributed by atoms with Gasteiger partial charge in [0.05, 0.1) is 19.4 Å². The van der Waals surface area contributed by atoms with Gasteiger partial charge < -0.3 is 9.64 Å². The summed E-state index contributed by atoms with van der Waals surface area (Å²) < 4.78 is 4.79. The average molecular weight is 275 g/mol. The molecule has 1 aromatic rings. The second-order valence-electron chi connectivity index (χ2n) is 5.57. The number of hydrogen-bond acceptors (Lipinski definition) is 3. The Bertz CT molecular complexity index is 495. The Kier molecular flexibility index (Phi) is 4.42. The summed E-state index contributed by atoms with van der Waals surface area (Å²) in [4.78, 5) is 25.7. The number of aryl methyl sites for hydroxylation is 1. The third-order valence-electron chi connectivity index (χ3n) is 3.94.